The number of hydrogen-bond acceptors (Lipinski definition) is 2. The molecule has 1 rings (SSSR count). The molecule has 1 amide bonds. The van der Waals surface area contributed by atoms with Crippen molar-refractivity contribution in [1.29, 1.82) is 0 Å². The summed E-state index contributed by atoms with van der Waals surface area (Å²) < 4.78 is 0.886. The maximum atomic E-state index is 11.9. The lowest BCUT2D eigenvalue weighted by Gasteiger charge is -2.08. The molecular weight excluding hydrogens is 316 g/mol. The van der Waals surface area contributed by atoms with Crippen molar-refractivity contribution in [3.05, 3.63) is 28.2 Å². The van der Waals surface area contributed by atoms with E-state index >= 15 is 0 Å². The van der Waals surface area contributed by atoms with Gasteiger partial charge in [0.05, 0.1) is 5.56 Å². The molecule has 0 aliphatic heterocycles. The van der Waals surface area contributed by atoms with E-state index in [0.717, 1.165) is 23.4 Å². The van der Waals surface area contributed by atoms with Crippen LogP contribution in [0.1, 0.15) is 56.3 Å². The first-order valence-electron chi connectivity index (χ1n) is 7.34. The standard InChI is InChI=1S/C16H25BrN2O/c1-12(2)7-5-3-4-6-10-19-16(20)14-9-8-13(17)11-15(14)18/h8-9,11-12H,3-7,10,18H2,1-2H3,(H,19,20). The molecule has 112 valence electrons. The third-order valence-electron chi connectivity index (χ3n) is 3.25. The van der Waals surface area contributed by atoms with Gasteiger partial charge in [-0.3, -0.25) is 4.79 Å². The number of carbonyl (C=O) groups excluding carboxylic acids is 1. The Bertz CT molecular complexity index is 432. The SMILES string of the molecule is CC(C)CCCCCCNC(=O)c1ccc(Br)cc1N. The van der Waals surface area contributed by atoms with Gasteiger partial charge in [-0.15, -0.1) is 0 Å². The van der Waals surface area contributed by atoms with E-state index in [1.807, 2.05) is 6.07 Å². The molecule has 0 saturated heterocycles. The van der Waals surface area contributed by atoms with Crippen LogP contribution in [0, 0.1) is 5.92 Å². The Morgan fingerprint density at radius 2 is 1.95 bits per heavy atom. The van der Waals surface area contributed by atoms with Gasteiger partial charge in [0.2, 0.25) is 0 Å². The number of nitrogen functional groups attached to an aromatic ring is 1. The molecule has 0 fully saturated rings. The van der Waals surface area contributed by atoms with Gasteiger partial charge in [-0.25, -0.2) is 0 Å². The quantitative estimate of drug-likeness (QED) is 0.545. The summed E-state index contributed by atoms with van der Waals surface area (Å²) in [7, 11) is 0. The first-order chi connectivity index (χ1) is 9.50. The molecule has 0 radical (unpaired) electrons. The second kappa shape index (κ2) is 9.01. The molecule has 3 nitrogen and oxygen atoms in total. The van der Waals surface area contributed by atoms with Crippen molar-refractivity contribution >= 4 is 27.5 Å². The molecule has 0 spiro atoms. The van der Waals surface area contributed by atoms with E-state index in [1.165, 1.54) is 25.7 Å². The zero-order chi connectivity index (χ0) is 15.0. The summed E-state index contributed by atoms with van der Waals surface area (Å²) in [5.74, 6) is 0.701. The lowest BCUT2D eigenvalue weighted by molar-refractivity contribution is 0.0954. The van der Waals surface area contributed by atoms with E-state index in [-0.39, 0.29) is 5.91 Å². The van der Waals surface area contributed by atoms with Crippen molar-refractivity contribution in [2.75, 3.05) is 12.3 Å². The molecule has 0 atom stereocenters. The van der Waals surface area contributed by atoms with E-state index < -0.39 is 0 Å². The first-order valence-corrected chi connectivity index (χ1v) is 8.13. The maximum absolute atomic E-state index is 11.9. The highest BCUT2D eigenvalue weighted by molar-refractivity contribution is 9.10. The van der Waals surface area contributed by atoms with Crippen molar-refractivity contribution in [3.63, 3.8) is 0 Å². The van der Waals surface area contributed by atoms with E-state index in [4.69, 9.17) is 5.73 Å². The van der Waals surface area contributed by atoms with Crippen molar-refractivity contribution < 1.29 is 4.79 Å². The van der Waals surface area contributed by atoms with Crippen LogP contribution in [0.3, 0.4) is 0 Å². The van der Waals surface area contributed by atoms with Gasteiger partial charge in [0.1, 0.15) is 0 Å². The molecule has 1 aromatic rings. The van der Waals surface area contributed by atoms with Crippen LogP contribution in [0.2, 0.25) is 0 Å². The predicted molar refractivity (Wildman–Crippen MR) is 88.8 cm³/mol. The minimum atomic E-state index is -0.0859. The Morgan fingerprint density at radius 3 is 2.60 bits per heavy atom. The van der Waals surface area contributed by atoms with Crippen LogP contribution in [0.15, 0.2) is 22.7 Å². The van der Waals surface area contributed by atoms with Crippen molar-refractivity contribution in [1.82, 2.24) is 5.32 Å². The minimum absolute atomic E-state index is 0.0859. The highest BCUT2D eigenvalue weighted by Crippen LogP contribution is 2.18. The van der Waals surface area contributed by atoms with Crippen LogP contribution in [0.5, 0.6) is 0 Å². The number of anilines is 1. The van der Waals surface area contributed by atoms with Gasteiger partial charge in [-0.1, -0.05) is 55.5 Å². The molecule has 0 saturated carbocycles. The largest absolute Gasteiger partial charge is 0.398 e. The zero-order valence-electron chi connectivity index (χ0n) is 12.4. The van der Waals surface area contributed by atoms with Crippen LogP contribution in [-0.2, 0) is 0 Å². The molecule has 0 aromatic heterocycles. The van der Waals surface area contributed by atoms with Crippen LogP contribution in [0.4, 0.5) is 5.69 Å². The summed E-state index contributed by atoms with van der Waals surface area (Å²) in [6.45, 7) is 5.22. The van der Waals surface area contributed by atoms with Crippen LogP contribution < -0.4 is 11.1 Å². The Morgan fingerprint density at radius 1 is 1.25 bits per heavy atom. The monoisotopic (exact) mass is 340 g/mol. The summed E-state index contributed by atoms with van der Waals surface area (Å²) in [4.78, 5) is 11.9. The van der Waals surface area contributed by atoms with Crippen LogP contribution in [-0.4, -0.2) is 12.5 Å². The summed E-state index contributed by atoms with van der Waals surface area (Å²) in [6.07, 6.45) is 6.02. The Labute approximate surface area is 130 Å². The average molecular weight is 341 g/mol. The lowest BCUT2D eigenvalue weighted by Crippen LogP contribution is -2.25. The number of amides is 1. The third kappa shape index (κ3) is 6.42. The zero-order valence-corrected chi connectivity index (χ0v) is 14.0. The molecule has 0 aliphatic rings. The maximum Gasteiger partial charge on any atom is 0.253 e. The average Bonchev–Trinajstić information content (AvgIpc) is 2.37. The van der Waals surface area contributed by atoms with Gasteiger partial charge in [-0.2, -0.15) is 0 Å². The number of rotatable bonds is 8. The normalized spacial score (nSPS) is 10.8. The molecule has 0 heterocycles. The van der Waals surface area contributed by atoms with Gasteiger partial charge in [0.15, 0.2) is 0 Å². The number of carbonyl (C=O) groups is 1. The smallest absolute Gasteiger partial charge is 0.253 e. The summed E-state index contributed by atoms with van der Waals surface area (Å²) in [6, 6.07) is 5.33. The van der Waals surface area contributed by atoms with Gasteiger partial charge in [0, 0.05) is 16.7 Å². The molecule has 0 aliphatic carbocycles. The van der Waals surface area contributed by atoms with Crippen LogP contribution in [0.25, 0.3) is 0 Å². The second-order valence-electron chi connectivity index (χ2n) is 5.58. The molecule has 4 heteroatoms. The van der Waals surface area contributed by atoms with Crippen molar-refractivity contribution in [2.24, 2.45) is 5.92 Å². The van der Waals surface area contributed by atoms with Crippen molar-refractivity contribution in [3.8, 4) is 0 Å². The van der Waals surface area contributed by atoms with Gasteiger partial charge >= 0.3 is 0 Å². The van der Waals surface area contributed by atoms with E-state index in [0.29, 0.717) is 11.3 Å². The molecule has 20 heavy (non-hydrogen) atoms. The topological polar surface area (TPSA) is 55.1 Å². The fourth-order valence-electron chi connectivity index (χ4n) is 2.07. The van der Waals surface area contributed by atoms with E-state index in [1.54, 1.807) is 12.1 Å². The molecule has 3 N–H and O–H groups in total. The highest BCUT2D eigenvalue weighted by Gasteiger charge is 2.08. The molecule has 0 unspecified atom stereocenters. The molecule has 1 aromatic carbocycles. The number of nitrogens with two attached hydrogens (primary N) is 1. The van der Waals surface area contributed by atoms with Gasteiger partial charge < -0.3 is 11.1 Å². The van der Waals surface area contributed by atoms with Crippen molar-refractivity contribution in [2.45, 2.75) is 46.0 Å². The fourth-order valence-corrected chi connectivity index (χ4v) is 2.45. The van der Waals surface area contributed by atoms with E-state index in [9.17, 15) is 4.79 Å². The van der Waals surface area contributed by atoms with Gasteiger partial charge in [-0.05, 0) is 30.5 Å². The highest BCUT2D eigenvalue weighted by atomic mass is 79.9. The molecule has 0 bridgehead atoms. The Balaban J connectivity index is 2.20. The number of hydrogen-bond donors (Lipinski definition) is 2. The minimum Gasteiger partial charge on any atom is -0.398 e. The summed E-state index contributed by atoms with van der Waals surface area (Å²) >= 11 is 3.33. The predicted octanol–water partition coefficient (Wildman–Crippen LogP) is 4.37. The second-order valence-corrected chi connectivity index (χ2v) is 6.50. The lowest BCUT2D eigenvalue weighted by atomic mass is 10.0. The molecular formula is C16H25BrN2O. The summed E-state index contributed by atoms with van der Waals surface area (Å²) in [5.41, 5.74) is 6.89. The summed E-state index contributed by atoms with van der Waals surface area (Å²) in [5, 5.41) is 2.92. The fraction of sp³-hybridized carbons (Fsp3) is 0.562. The number of unbranched alkanes of at least 4 members (excludes halogenated alkanes) is 3. The number of nitrogens with one attached hydrogen (secondary N) is 1. The van der Waals surface area contributed by atoms with Crippen LogP contribution >= 0.6 is 15.9 Å². The number of benzene rings is 1. The van der Waals surface area contributed by atoms with Gasteiger partial charge in [0.25, 0.3) is 5.91 Å². The number of halogens is 1. The first kappa shape index (κ1) is 17.0. The Hall–Kier alpha value is -1.03. The van der Waals surface area contributed by atoms with E-state index in [2.05, 4.69) is 35.1 Å². The third-order valence-corrected chi connectivity index (χ3v) is 3.75. The Kier molecular flexibility index (Phi) is 7.67.